The van der Waals surface area contributed by atoms with Gasteiger partial charge in [-0.25, -0.2) is 0 Å². The lowest BCUT2D eigenvalue weighted by molar-refractivity contribution is -0.122. The number of amides is 1. The average Bonchev–Trinajstić information content (AvgIpc) is 2.81. The Hall–Kier alpha value is -1.81. The summed E-state index contributed by atoms with van der Waals surface area (Å²) in [7, 11) is 0. The van der Waals surface area contributed by atoms with Crippen molar-refractivity contribution in [3.63, 3.8) is 0 Å². The molecule has 4 heteroatoms. The third-order valence-electron chi connectivity index (χ3n) is 3.04. The molecule has 0 bridgehead atoms. The van der Waals surface area contributed by atoms with Crippen LogP contribution in [0.1, 0.15) is 32.8 Å². The molecule has 2 aromatic rings. The zero-order valence-corrected chi connectivity index (χ0v) is 12.4. The highest BCUT2D eigenvalue weighted by Gasteiger charge is 2.12. The molecule has 1 heterocycles. The number of aromatic amines is 1. The van der Waals surface area contributed by atoms with Gasteiger partial charge in [-0.15, -0.1) is 0 Å². The van der Waals surface area contributed by atoms with Crippen LogP contribution in [0, 0.1) is 0 Å². The van der Waals surface area contributed by atoms with Gasteiger partial charge in [-0.05, 0) is 38.5 Å². The number of rotatable bonds is 5. The maximum Gasteiger partial charge on any atom is 0.221 e. The summed E-state index contributed by atoms with van der Waals surface area (Å²) in [6, 6.07) is 8.30. The van der Waals surface area contributed by atoms with Gasteiger partial charge in [-0.3, -0.25) is 4.79 Å². The molecule has 0 spiro atoms. The van der Waals surface area contributed by atoms with E-state index in [1.807, 2.05) is 33.0 Å². The van der Waals surface area contributed by atoms with Crippen LogP contribution in [0.4, 0.5) is 0 Å². The fourth-order valence-electron chi connectivity index (χ4n) is 2.21. The molecular weight excluding hydrogens is 250 g/mol. The molecule has 20 heavy (non-hydrogen) atoms. The van der Waals surface area contributed by atoms with Gasteiger partial charge in [0, 0.05) is 42.1 Å². The molecule has 1 amide bonds. The molecule has 1 aromatic heterocycles. The number of carbonyl (C=O) groups is 1. The lowest BCUT2D eigenvalue weighted by Gasteiger charge is -2.20. The molecule has 0 saturated carbocycles. The van der Waals surface area contributed by atoms with Crippen molar-refractivity contribution in [2.24, 2.45) is 0 Å². The highest BCUT2D eigenvalue weighted by molar-refractivity contribution is 5.82. The van der Waals surface area contributed by atoms with Gasteiger partial charge in [0.2, 0.25) is 5.91 Å². The minimum absolute atomic E-state index is 0.0878. The molecule has 0 aliphatic rings. The summed E-state index contributed by atoms with van der Waals surface area (Å²) >= 11 is 0. The number of nitrogens with one attached hydrogen (secondary N) is 3. The van der Waals surface area contributed by atoms with E-state index in [9.17, 15) is 4.79 Å². The smallest absolute Gasteiger partial charge is 0.221 e. The van der Waals surface area contributed by atoms with E-state index in [2.05, 4.69) is 33.8 Å². The lowest BCUT2D eigenvalue weighted by atomic mass is 10.1. The van der Waals surface area contributed by atoms with Crippen molar-refractivity contribution in [2.45, 2.75) is 39.3 Å². The quantitative estimate of drug-likeness (QED) is 0.733. The zero-order chi connectivity index (χ0) is 14.6. The van der Waals surface area contributed by atoms with Crippen molar-refractivity contribution in [3.8, 4) is 0 Å². The van der Waals surface area contributed by atoms with Crippen molar-refractivity contribution in [1.82, 2.24) is 15.6 Å². The molecule has 0 atom stereocenters. The van der Waals surface area contributed by atoms with Gasteiger partial charge in [-0.1, -0.05) is 12.1 Å². The zero-order valence-electron chi connectivity index (χ0n) is 12.4. The molecule has 2 rings (SSSR count). The highest BCUT2D eigenvalue weighted by Crippen LogP contribution is 2.16. The first-order chi connectivity index (χ1) is 9.46. The SMILES string of the molecule is CC(C)(C)NC(=O)CCNCc1cccc2[nH]ccc12. The van der Waals surface area contributed by atoms with E-state index in [0.29, 0.717) is 13.0 Å². The van der Waals surface area contributed by atoms with Gasteiger partial charge in [0.05, 0.1) is 0 Å². The van der Waals surface area contributed by atoms with E-state index in [1.165, 1.54) is 10.9 Å². The summed E-state index contributed by atoms with van der Waals surface area (Å²) < 4.78 is 0. The van der Waals surface area contributed by atoms with Crippen LogP contribution in [-0.2, 0) is 11.3 Å². The van der Waals surface area contributed by atoms with E-state index in [0.717, 1.165) is 12.1 Å². The van der Waals surface area contributed by atoms with Crippen molar-refractivity contribution in [2.75, 3.05) is 6.54 Å². The Morgan fingerprint density at radius 3 is 2.80 bits per heavy atom. The van der Waals surface area contributed by atoms with Crippen LogP contribution in [0.25, 0.3) is 10.9 Å². The van der Waals surface area contributed by atoms with E-state index < -0.39 is 0 Å². The summed E-state index contributed by atoms with van der Waals surface area (Å²) in [5.74, 6) is 0.0878. The summed E-state index contributed by atoms with van der Waals surface area (Å²) in [5.41, 5.74) is 2.24. The first-order valence-electron chi connectivity index (χ1n) is 7.02. The van der Waals surface area contributed by atoms with Crippen molar-refractivity contribution in [1.29, 1.82) is 0 Å². The number of hydrogen-bond donors (Lipinski definition) is 3. The van der Waals surface area contributed by atoms with E-state index in [4.69, 9.17) is 0 Å². The molecule has 0 aliphatic carbocycles. The molecule has 0 saturated heterocycles. The molecule has 0 radical (unpaired) electrons. The third-order valence-corrected chi connectivity index (χ3v) is 3.04. The first kappa shape index (κ1) is 14.6. The monoisotopic (exact) mass is 273 g/mol. The number of hydrogen-bond acceptors (Lipinski definition) is 2. The van der Waals surface area contributed by atoms with Crippen LogP contribution < -0.4 is 10.6 Å². The Bertz CT molecular complexity index is 581. The molecule has 108 valence electrons. The number of H-pyrrole nitrogens is 1. The Labute approximate surface area is 120 Å². The second kappa shape index (κ2) is 6.09. The topological polar surface area (TPSA) is 56.9 Å². The molecule has 1 aromatic carbocycles. The van der Waals surface area contributed by atoms with Crippen molar-refractivity contribution in [3.05, 3.63) is 36.0 Å². The number of aromatic nitrogens is 1. The maximum atomic E-state index is 11.7. The number of fused-ring (bicyclic) bond motifs is 1. The lowest BCUT2D eigenvalue weighted by Crippen LogP contribution is -2.41. The average molecular weight is 273 g/mol. The van der Waals surface area contributed by atoms with Crippen LogP contribution in [-0.4, -0.2) is 23.0 Å². The third kappa shape index (κ3) is 4.10. The minimum Gasteiger partial charge on any atom is -0.361 e. The van der Waals surface area contributed by atoms with Crippen molar-refractivity contribution < 1.29 is 4.79 Å². The molecule has 3 N–H and O–H groups in total. The predicted molar refractivity (Wildman–Crippen MR) is 82.5 cm³/mol. The fourth-order valence-corrected chi connectivity index (χ4v) is 2.21. The minimum atomic E-state index is -0.159. The second-order valence-electron chi connectivity index (χ2n) is 6.08. The van der Waals surface area contributed by atoms with Gasteiger partial charge in [0.15, 0.2) is 0 Å². The van der Waals surface area contributed by atoms with Crippen molar-refractivity contribution >= 4 is 16.8 Å². The normalized spacial score (nSPS) is 11.8. The Morgan fingerprint density at radius 1 is 1.25 bits per heavy atom. The van der Waals surface area contributed by atoms with Gasteiger partial charge in [0.1, 0.15) is 0 Å². The molecule has 4 nitrogen and oxygen atoms in total. The van der Waals surface area contributed by atoms with Gasteiger partial charge in [0.25, 0.3) is 0 Å². The van der Waals surface area contributed by atoms with Crippen LogP contribution >= 0.6 is 0 Å². The predicted octanol–water partition coefficient (Wildman–Crippen LogP) is 2.56. The summed E-state index contributed by atoms with van der Waals surface area (Å²) in [6.07, 6.45) is 2.45. The first-order valence-corrected chi connectivity index (χ1v) is 7.02. The molecule has 0 fully saturated rings. The molecule has 0 unspecified atom stereocenters. The van der Waals surface area contributed by atoms with Crippen LogP contribution in [0.3, 0.4) is 0 Å². The Morgan fingerprint density at radius 2 is 2.05 bits per heavy atom. The van der Waals surface area contributed by atoms with Crippen LogP contribution in [0.2, 0.25) is 0 Å². The molecule has 0 aliphatic heterocycles. The summed E-state index contributed by atoms with van der Waals surface area (Å²) in [4.78, 5) is 14.9. The fraction of sp³-hybridized carbons (Fsp3) is 0.438. The Balaban J connectivity index is 1.79. The second-order valence-corrected chi connectivity index (χ2v) is 6.08. The standard InChI is InChI=1S/C16H23N3O/c1-16(2,3)19-15(20)8-9-17-11-12-5-4-6-14-13(12)7-10-18-14/h4-7,10,17-18H,8-9,11H2,1-3H3,(H,19,20). The van der Waals surface area contributed by atoms with E-state index in [1.54, 1.807) is 0 Å². The Kier molecular flexibility index (Phi) is 4.45. The summed E-state index contributed by atoms with van der Waals surface area (Å²) in [5, 5.41) is 7.52. The van der Waals surface area contributed by atoms with Crippen LogP contribution in [0.5, 0.6) is 0 Å². The maximum absolute atomic E-state index is 11.7. The van der Waals surface area contributed by atoms with Crippen LogP contribution in [0.15, 0.2) is 30.5 Å². The van der Waals surface area contributed by atoms with E-state index >= 15 is 0 Å². The van der Waals surface area contributed by atoms with Gasteiger partial charge in [-0.2, -0.15) is 0 Å². The number of benzene rings is 1. The van der Waals surface area contributed by atoms with Gasteiger partial charge < -0.3 is 15.6 Å². The van der Waals surface area contributed by atoms with E-state index in [-0.39, 0.29) is 11.4 Å². The highest BCUT2D eigenvalue weighted by atomic mass is 16.1. The largest absolute Gasteiger partial charge is 0.361 e. The summed E-state index contributed by atoms with van der Waals surface area (Å²) in [6.45, 7) is 7.43. The molecular formula is C16H23N3O. The van der Waals surface area contributed by atoms with Gasteiger partial charge >= 0.3 is 0 Å². The number of carbonyl (C=O) groups excluding carboxylic acids is 1.